The Morgan fingerprint density at radius 3 is 2.75 bits per heavy atom. The van der Waals surface area contributed by atoms with E-state index in [1.54, 1.807) is 12.1 Å². The first-order valence-corrected chi connectivity index (χ1v) is 3.60. The van der Waals surface area contributed by atoms with Gasteiger partial charge in [-0.1, -0.05) is 18.2 Å². The lowest BCUT2D eigenvalue weighted by Gasteiger charge is -2.01. The molecule has 1 aromatic carbocycles. The van der Waals surface area contributed by atoms with E-state index >= 15 is 0 Å². The van der Waals surface area contributed by atoms with Crippen molar-refractivity contribution in [1.82, 2.24) is 0 Å². The quantitative estimate of drug-likeness (QED) is 0.715. The van der Waals surface area contributed by atoms with Gasteiger partial charge in [-0.3, -0.25) is 0 Å². The van der Waals surface area contributed by atoms with Crippen LogP contribution in [-0.4, -0.2) is 0 Å². The zero-order valence-corrected chi connectivity index (χ0v) is 7.01. The first-order chi connectivity index (χ1) is 5.65. The van der Waals surface area contributed by atoms with Crippen LogP contribution in [0.5, 0.6) is 0 Å². The van der Waals surface area contributed by atoms with Gasteiger partial charge in [0, 0.05) is 16.3 Å². The number of benzene rings is 1. The van der Waals surface area contributed by atoms with Crippen molar-refractivity contribution in [2.24, 2.45) is 10.9 Å². The minimum Gasteiger partial charge on any atom is -0.399 e. The van der Waals surface area contributed by atoms with E-state index in [9.17, 15) is 4.91 Å². The van der Waals surface area contributed by atoms with E-state index < -0.39 is 0 Å². The summed E-state index contributed by atoms with van der Waals surface area (Å²) in [6, 6.07) is 4.69. The molecule has 1 rings (SSSR count). The highest BCUT2D eigenvalue weighted by molar-refractivity contribution is 6.30. The number of hydrogen-bond acceptors (Lipinski definition) is 3. The van der Waals surface area contributed by atoms with Gasteiger partial charge in [0.1, 0.15) is 5.69 Å². The molecule has 2 N–H and O–H groups in total. The van der Waals surface area contributed by atoms with Crippen LogP contribution in [0.3, 0.4) is 0 Å². The van der Waals surface area contributed by atoms with Gasteiger partial charge < -0.3 is 5.73 Å². The Kier molecular flexibility index (Phi) is 2.45. The molecule has 3 nitrogen and oxygen atoms in total. The first-order valence-electron chi connectivity index (χ1n) is 3.23. The van der Waals surface area contributed by atoms with E-state index in [1.807, 2.05) is 0 Å². The highest BCUT2D eigenvalue weighted by atomic mass is 35.5. The van der Waals surface area contributed by atoms with Crippen molar-refractivity contribution in [3.8, 4) is 0 Å². The number of nitroso groups, excluding NO2 is 1. The summed E-state index contributed by atoms with van der Waals surface area (Å²) in [5, 5.41) is 3.23. The molecule has 0 bridgehead atoms. The third kappa shape index (κ3) is 1.62. The minimum atomic E-state index is 0.218. The maximum absolute atomic E-state index is 10.3. The summed E-state index contributed by atoms with van der Waals surface area (Å²) in [5.74, 6) is 0. The zero-order valence-electron chi connectivity index (χ0n) is 6.25. The molecule has 0 aromatic heterocycles. The Labute approximate surface area is 74.8 Å². The molecular formula is C8H7ClN2O. The predicted octanol–water partition coefficient (Wildman–Crippen LogP) is 2.67. The predicted molar refractivity (Wildman–Crippen MR) is 50.1 cm³/mol. The Morgan fingerprint density at radius 1 is 1.58 bits per heavy atom. The lowest BCUT2D eigenvalue weighted by molar-refractivity contribution is 1.43. The molecule has 0 fully saturated rings. The van der Waals surface area contributed by atoms with E-state index in [4.69, 9.17) is 17.3 Å². The number of rotatable bonds is 2. The molecule has 62 valence electrons. The molecule has 0 saturated heterocycles. The largest absolute Gasteiger partial charge is 0.399 e. The monoisotopic (exact) mass is 182 g/mol. The summed E-state index contributed by atoms with van der Waals surface area (Å²) >= 11 is 5.63. The second kappa shape index (κ2) is 3.36. The Morgan fingerprint density at radius 2 is 2.25 bits per heavy atom. The minimum absolute atomic E-state index is 0.218. The van der Waals surface area contributed by atoms with Crippen LogP contribution in [0.2, 0.25) is 5.02 Å². The maximum Gasteiger partial charge on any atom is 0.118 e. The standard InChI is InChI=1S/C8H7ClN2O/c1-5(10)7-3-2-6(9)4-8(7)11-12/h2-4H,1,10H2. The van der Waals surface area contributed by atoms with Crippen molar-refractivity contribution in [3.63, 3.8) is 0 Å². The summed E-state index contributed by atoms with van der Waals surface area (Å²) in [5.41, 5.74) is 6.45. The van der Waals surface area contributed by atoms with Crippen LogP contribution in [0.15, 0.2) is 30.0 Å². The molecule has 0 spiro atoms. The zero-order chi connectivity index (χ0) is 9.14. The van der Waals surface area contributed by atoms with Gasteiger partial charge in [-0.25, -0.2) is 0 Å². The summed E-state index contributed by atoms with van der Waals surface area (Å²) in [4.78, 5) is 10.3. The fourth-order valence-corrected chi connectivity index (χ4v) is 1.02. The third-order valence-electron chi connectivity index (χ3n) is 1.40. The molecule has 0 unspecified atom stereocenters. The average molecular weight is 183 g/mol. The molecule has 0 atom stereocenters. The lowest BCUT2D eigenvalue weighted by Crippen LogP contribution is -1.93. The van der Waals surface area contributed by atoms with Gasteiger partial charge in [0.15, 0.2) is 0 Å². The van der Waals surface area contributed by atoms with Crippen LogP contribution in [0, 0.1) is 4.91 Å². The Hall–Kier alpha value is -1.35. The molecule has 0 saturated carbocycles. The summed E-state index contributed by atoms with van der Waals surface area (Å²) in [7, 11) is 0. The van der Waals surface area contributed by atoms with Gasteiger partial charge in [-0.15, -0.1) is 4.91 Å². The number of hydrogen-bond donors (Lipinski definition) is 1. The Bertz CT molecular complexity index is 336. The van der Waals surface area contributed by atoms with E-state index in [2.05, 4.69) is 11.8 Å². The van der Waals surface area contributed by atoms with Crippen molar-refractivity contribution < 1.29 is 0 Å². The van der Waals surface area contributed by atoms with E-state index in [1.165, 1.54) is 6.07 Å². The molecule has 0 heterocycles. The molecule has 12 heavy (non-hydrogen) atoms. The van der Waals surface area contributed by atoms with Gasteiger partial charge in [0.2, 0.25) is 0 Å². The van der Waals surface area contributed by atoms with Crippen molar-refractivity contribution >= 4 is 23.0 Å². The lowest BCUT2D eigenvalue weighted by atomic mass is 10.1. The third-order valence-corrected chi connectivity index (χ3v) is 1.64. The van der Waals surface area contributed by atoms with Gasteiger partial charge in [-0.2, -0.15) is 0 Å². The summed E-state index contributed by atoms with van der Waals surface area (Å²) < 4.78 is 0. The summed E-state index contributed by atoms with van der Waals surface area (Å²) in [6.45, 7) is 3.50. The van der Waals surface area contributed by atoms with Crippen LogP contribution in [0.1, 0.15) is 5.56 Å². The smallest absolute Gasteiger partial charge is 0.118 e. The topological polar surface area (TPSA) is 55.4 Å². The van der Waals surface area contributed by atoms with E-state index in [-0.39, 0.29) is 5.69 Å². The van der Waals surface area contributed by atoms with Crippen molar-refractivity contribution in [1.29, 1.82) is 0 Å². The van der Waals surface area contributed by atoms with Crippen LogP contribution in [0.25, 0.3) is 5.70 Å². The molecule has 0 amide bonds. The van der Waals surface area contributed by atoms with Gasteiger partial charge >= 0.3 is 0 Å². The molecule has 0 aliphatic heterocycles. The van der Waals surface area contributed by atoms with Gasteiger partial charge in [0.25, 0.3) is 0 Å². The van der Waals surface area contributed by atoms with Gasteiger partial charge in [0.05, 0.1) is 0 Å². The fraction of sp³-hybridized carbons (Fsp3) is 0. The Balaban J connectivity index is 3.29. The molecule has 0 aliphatic rings. The normalized spacial score (nSPS) is 9.42. The molecular weight excluding hydrogens is 176 g/mol. The van der Waals surface area contributed by atoms with Crippen LogP contribution >= 0.6 is 11.6 Å². The highest BCUT2D eigenvalue weighted by Gasteiger charge is 2.03. The summed E-state index contributed by atoms with van der Waals surface area (Å²) in [6.07, 6.45) is 0. The SMILES string of the molecule is C=C(N)c1ccc(Cl)cc1N=O. The second-order valence-electron chi connectivity index (χ2n) is 2.28. The number of halogens is 1. The van der Waals surface area contributed by atoms with Crippen LogP contribution < -0.4 is 5.73 Å². The highest BCUT2D eigenvalue weighted by Crippen LogP contribution is 2.26. The van der Waals surface area contributed by atoms with Gasteiger partial charge in [-0.05, 0) is 23.4 Å². The van der Waals surface area contributed by atoms with Crippen LogP contribution in [0.4, 0.5) is 5.69 Å². The van der Waals surface area contributed by atoms with E-state index in [0.717, 1.165) is 0 Å². The second-order valence-corrected chi connectivity index (χ2v) is 2.71. The van der Waals surface area contributed by atoms with Crippen molar-refractivity contribution in [3.05, 3.63) is 40.3 Å². The first kappa shape index (κ1) is 8.74. The molecule has 0 radical (unpaired) electrons. The van der Waals surface area contributed by atoms with Crippen LogP contribution in [-0.2, 0) is 0 Å². The molecule has 4 heteroatoms. The van der Waals surface area contributed by atoms with Crippen molar-refractivity contribution in [2.75, 3.05) is 0 Å². The maximum atomic E-state index is 10.3. The average Bonchev–Trinajstić information content (AvgIpc) is 2.03. The number of nitrogens with two attached hydrogens (primary N) is 1. The van der Waals surface area contributed by atoms with Crippen molar-refractivity contribution in [2.45, 2.75) is 0 Å². The number of nitrogens with zero attached hydrogens (tertiary/aromatic N) is 1. The molecule has 1 aromatic rings. The fourth-order valence-electron chi connectivity index (χ4n) is 0.852. The van der Waals surface area contributed by atoms with E-state index in [0.29, 0.717) is 16.3 Å². The molecule has 0 aliphatic carbocycles.